The lowest BCUT2D eigenvalue weighted by atomic mass is 10.1. The number of hydrogen-bond donors (Lipinski definition) is 1. The molecule has 4 heteroatoms. The molecule has 2 nitrogen and oxygen atoms in total. The molecular formula is C18H20ClNOS. The fraction of sp³-hybridized carbons (Fsp3) is 0.278. The van der Waals surface area contributed by atoms with Gasteiger partial charge in [0.15, 0.2) is 0 Å². The summed E-state index contributed by atoms with van der Waals surface area (Å²) in [6, 6.07) is 15.8. The number of thioether (sulfide) groups is 1. The minimum atomic E-state index is -0.0103. The first kappa shape index (κ1) is 16.9. The summed E-state index contributed by atoms with van der Waals surface area (Å²) in [6.45, 7) is 4.08. The topological polar surface area (TPSA) is 29.1 Å². The molecule has 0 heterocycles. The second-order valence-corrected chi connectivity index (χ2v) is 6.68. The van der Waals surface area contributed by atoms with Crippen molar-refractivity contribution >= 4 is 29.3 Å². The molecule has 0 aliphatic rings. The van der Waals surface area contributed by atoms with E-state index in [0.29, 0.717) is 10.8 Å². The molecule has 116 valence electrons. The van der Waals surface area contributed by atoms with Crippen LogP contribution in [0.5, 0.6) is 0 Å². The Balaban J connectivity index is 1.78. The monoisotopic (exact) mass is 333 g/mol. The van der Waals surface area contributed by atoms with E-state index in [1.165, 1.54) is 11.1 Å². The van der Waals surface area contributed by atoms with E-state index in [-0.39, 0.29) is 11.9 Å². The molecule has 0 fully saturated rings. The molecule has 0 bridgehead atoms. The van der Waals surface area contributed by atoms with Gasteiger partial charge in [0.2, 0.25) is 5.91 Å². The third-order valence-electron chi connectivity index (χ3n) is 3.50. The van der Waals surface area contributed by atoms with Crippen LogP contribution in [0.3, 0.4) is 0 Å². The van der Waals surface area contributed by atoms with Crippen LogP contribution in [-0.2, 0) is 10.5 Å². The van der Waals surface area contributed by atoms with Gasteiger partial charge in [-0.3, -0.25) is 4.79 Å². The molecule has 1 N–H and O–H groups in total. The Bertz CT molecular complexity index is 627. The Hall–Kier alpha value is -1.45. The summed E-state index contributed by atoms with van der Waals surface area (Å²) >= 11 is 7.51. The Morgan fingerprint density at radius 3 is 2.55 bits per heavy atom. The third kappa shape index (κ3) is 5.08. The largest absolute Gasteiger partial charge is 0.349 e. The van der Waals surface area contributed by atoms with Crippen molar-refractivity contribution in [2.75, 3.05) is 5.75 Å². The van der Waals surface area contributed by atoms with E-state index in [0.717, 1.165) is 11.3 Å². The predicted octanol–water partition coefficient (Wildman–Crippen LogP) is 4.76. The molecule has 2 aromatic carbocycles. The average molecular weight is 334 g/mol. The summed E-state index contributed by atoms with van der Waals surface area (Å²) in [6.07, 6.45) is 0. The number of hydrogen-bond acceptors (Lipinski definition) is 2. The van der Waals surface area contributed by atoms with Gasteiger partial charge in [-0.2, -0.15) is 0 Å². The van der Waals surface area contributed by atoms with Gasteiger partial charge in [0.25, 0.3) is 0 Å². The summed E-state index contributed by atoms with van der Waals surface area (Å²) in [7, 11) is 0. The van der Waals surface area contributed by atoms with Crippen molar-refractivity contribution in [3.63, 3.8) is 0 Å². The van der Waals surface area contributed by atoms with Crippen LogP contribution in [0.2, 0.25) is 5.02 Å². The van der Waals surface area contributed by atoms with Crippen molar-refractivity contribution in [2.45, 2.75) is 25.6 Å². The number of rotatable bonds is 6. The zero-order valence-electron chi connectivity index (χ0n) is 12.8. The fourth-order valence-corrected chi connectivity index (χ4v) is 3.18. The van der Waals surface area contributed by atoms with E-state index in [1.807, 2.05) is 43.3 Å². The fourth-order valence-electron chi connectivity index (χ4n) is 2.14. The summed E-state index contributed by atoms with van der Waals surface area (Å²) in [4.78, 5) is 12.0. The van der Waals surface area contributed by atoms with Crippen molar-refractivity contribution < 1.29 is 4.79 Å². The average Bonchev–Trinajstić information content (AvgIpc) is 2.50. The van der Waals surface area contributed by atoms with Crippen LogP contribution >= 0.6 is 23.4 Å². The molecule has 2 rings (SSSR count). The van der Waals surface area contributed by atoms with Crippen molar-refractivity contribution in [3.8, 4) is 0 Å². The van der Waals surface area contributed by atoms with Crippen molar-refractivity contribution in [2.24, 2.45) is 0 Å². The summed E-state index contributed by atoms with van der Waals surface area (Å²) in [5.74, 6) is 1.38. The minimum absolute atomic E-state index is 0.0103. The Labute approximate surface area is 141 Å². The van der Waals surface area contributed by atoms with Gasteiger partial charge < -0.3 is 5.32 Å². The number of carbonyl (C=O) groups is 1. The van der Waals surface area contributed by atoms with Crippen LogP contribution in [0, 0.1) is 6.92 Å². The molecule has 22 heavy (non-hydrogen) atoms. The van der Waals surface area contributed by atoms with E-state index in [1.54, 1.807) is 11.8 Å². The minimum Gasteiger partial charge on any atom is -0.349 e. The smallest absolute Gasteiger partial charge is 0.230 e. The molecule has 0 saturated carbocycles. The molecule has 0 aliphatic carbocycles. The third-order valence-corrected chi connectivity index (χ3v) is 4.73. The van der Waals surface area contributed by atoms with Crippen LogP contribution in [0.15, 0.2) is 48.5 Å². The highest BCUT2D eigenvalue weighted by Crippen LogP contribution is 2.18. The quantitative estimate of drug-likeness (QED) is 0.825. The van der Waals surface area contributed by atoms with E-state index in [4.69, 9.17) is 11.6 Å². The van der Waals surface area contributed by atoms with E-state index < -0.39 is 0 Å². The van der Waals surface area contributed by atoms with Gasteiger partial charge in [0, 0.05) is 10.8 Å². The van der Waals surface area contributed by atoms with Gasteiger partial charge in [-0.15, -0.1) is 11.8 Å². The van der Waals surface area contributed by atoms with Crippen LogP contribution in [0.25, 0.3) is 0 Å². The standard InChI is InChI=1S/C18H20ClNOS/c1-13-5-3-4-6-16(13)11-22-12-18(21)20-14(2)15-7-9-17(19)10-8-15/h3-10,14H,11-12H2,1-2H3,(H,20,21)/t14-/m0/s1. The maximum atomic E-state index is 12.0. The van der Waals surface area contributed by atoms with Gasteiger partial charge >= 0.3 is 0 Å². The summed E-state index contributed by atoms with van der Waals surface area (Å²) < 4.78 is 0. The van der Waals surface area contributed by atoms with Crippen molar-refractivity contribution in [3.05, 3.63) is 70.2 Å². The van der Waals surface area contributed by atoms with Crippen LogP contribution < -0.4 is 5.32 Å². The van der Waals surface area contributed by atoms with E-state index in [2.05, 4.69) is 24.4 Å². The Morgan fingerprint density at radius 1 is 1.18 bits per heavy atom. The van der Waals surface area contributed by atoms with Crippen LogP contribution in [0.4, 0.5) is 0 Å². The number of amides is 1. The molecule has 0 aromatic heterocycles. The zero-order valence-corrected chi connectivity index (χ0v) is 14.4. The normalized spacial score (nSPS) is 12.0. The van der Waals surface area contributed by atoms with Gasteiger partial charge in [0.05, 0.1) is 11.8 Å². The van der Waals surface area contributed by atoms with Crippen molar-refractivity contribution in [1.29, 1.82) is 0 Å². The number of halogens is 1. The van der Waals surface area contributed by atoms with Gasteiger partial charge in [-0.05, 0) is 42.7 Å². The number of carbonyl (C=O) groups excluding carboxylic acids is 1. The van der Waals surface area contributed by atoms with Crippen LogP contribution in [0.1, 0.15) is 29.7 Å². The SMILES string of the molecule is Cc1ccccc1CSCC(=O)N[C@@H](C)c1ccc(Cl)cc1. The Morgan fingerprint density at radius 2 is 1.86 bits per heavy atom. The predicted molar refractivity (Wildman–Crippen MR) is 95.4 cm³/mol. The highest BCUT2D eigenvalue weighted by Gasteiger charge is 2.09. The highest BCUT2D eigenvalue weighted by atomic mass is 35.5. The lowest BCUT2D eigenvalue weighted by Crippen LogP contribution is -2.28. The first-order chi connectivity index (χ1) is 10.6. The molecule has 0 radical (unpaired) electrons. The Kier molecular flexibility index (Phi) is 6.34. The van der Waals surface area contributed by atoms with Crippen molar-refractivity contribution in [1.82, 2.24) is 5.32 Å². The van der Waals surface area contributed by atoms with Gasteiger partial charge in [-0.1, -0.05) is 48.0 Å². The first-order valence-electron chi connectivity index (χ1n) is 7.23. The second-order valence-electron chi connectivity index (χ2n) is 5.26. The molecule has 1 amide bonds. The molecule has 2 aromatic rings. The lowest BCUT2D eigenvalue weighted by molar-refractivity contribution is -0.119. The lowest BCUT2D eigenvalue weighted by Gasteiger charge is -2.14. The number of aryl methyl sites for hydroxylation is 1. The molecule has 0 spiro atoms. The van der Waals surface area contributed by atoms with Crippen LogP contribution in [-0.4, -0.2) is 11.7 Å². The maximum Gasteiger partial charge on any atom is 0.230 e. The van der Waals surface area contributed by atoms with E-state index >= 15 is 0 Å². The summed E-state index contributed by atoms with van der Waals surface area (Å²) in [5.41, 5.74) is 3.61. The van der Waals surface area contributed by atoms with Gasteiger partial charge in [-0.25, -0.2) is 0 Å². The molecule has 0 saturated heterocycles. The highest BCUT2D eigenvalue weighted by molar-refractivity contribution is 7.99. The van der Waals surface area contributed by atoms with E-state index in [9.17, 15) is 4.79 Å². The molecule has 0 unspecified atom stereocenters. The second kappa shape index (κ2) is 8.25. The molecule has 1 atom stereocenters. The number of benzene rings is 2. The zero-order chi connectivity index (χ0) is 15.9. The van der Waals surface area contributed by atoms with Gasteiger partial charge in [0.1, 0.15) is 0 Å². The number of nitrogens with one attached hydrogen (secondary N) is 1. The first-order valence-corrected chi connectivity index (χ1v) is 8.76. The molecule has 0 aliphatic heterocycles. The summed E-state index contributed by atoms with van der Waals surface area (Å²) in [5, 5.41) is 3.72. The maximum absolute atomic E-state index is 12.0. The molecular weight excluding hydrogens is 314 g/mol.